The Kier molecular flexibility index (Phi) is 7.17. The Hall–Kier alpha value is -3.06. The largest absolute Gasteiger partial charge is 0.456 e. The summed E-state index contributed by atoms with van der Waals surface area (Å²) in [5.41, 5.74) is 2.71. The third-order valence-electron chi connectivity index (χ3n) is 4.25. The molecular formula is C24H27N3O3S. The van der Waals surface area contributed by atoms with E-state index in [-0.39, 0.29) is 5.97 Å². The van der Waals surface area contributed by atoms with Crippen molar-refractivity contribution in [1.29, 1.82) is 0 Å². The van der Waals surface area contributed by atoms with Crippen molar-refractivity contribution in [3.8, 4) is 0 Å². The van der Waals surface area contributed by atoms with Gasteiger partial charge in [-0.15, -0.1) is 0 Å². The van der Waals surface area contributed by atoms with Crippen molar-refractivity contribution in [2.45, 2.75) is 49.8 Å². The zero-order chi connectivity index (χ0) is 22.4. The Balaban J connectivity index is 1.61. The highest BCUT2D eigenvalue weighted by Crippen LogP contribution is 2.30. The molecule has 3 aromatic rings. The lowest BCUT2D eigenvalue weighted by atomic mass is 10.1. The van der Waals surface area contributed by atoms with Crippen molar-refractivity contribution < 1.29 is 14.4 Å². The monoisotopic (exact) mass is 437 g/mol. The quantitative estimate of drug-likeness (QED) is 0.282. The molecule has 0 aliphatic heterocycles. The Morgan fingerprint density at radius 3 is 2.45 bits per heavy atom. The van der Waals surface area contributed by atoms with Crippen molar-refractivity contribution in [2.75, 3.05) is 0 Å². The predicted molar refractivity (Wildman–Crippen MR) is 123 cm³/mol. The lowest BCUT2D eigenvalue weighted by molar-refractivity contribution is 0.00694. The minimum absolute atomic E-state index is 0.297. The molecule has 7 heteroatoms. The molecule has 162 valence electrons. The van der Waals surface area contributed by atoms with Gasteiger partial charge in [0.15, 0.2) is 0 Å². The third-order valence-corrected chi connectivity index (χ3v) is 5.43. The van der Waals surface area contributed by atoms with E-state index in [0.717, 1.165) is 26.7 Å². The van der Waals surface area contributed by atoms with Gasteiger partial charge < -0.3 is 9.57 Å². The molecule has 2 aromatic carbocycles. The number of rotatable bonds is 7. The lowest BCUT2D eigenvalue weighted by Crippen LogP contribution is -2.23. The van der Waals surface area contributed by atoms with E-state index in [1.54, 1.807) is 30.1 Å². The number of ether oxygens (including phenoxy) is 1. The number of aromatic nitrogens is 2. The summed E-state index contributed by atoms with van der Waals surface area (Å²) in [6.07, 6.45) is 1.70. The van der Waals surface area contributed by atoms with Gasteiger partial charge >= 0.3 is 5.97 Å². The zero-order valence-corrected chi connectivity index (χ0v) is 19.3. The first-order chi connectivity index (χ1) is 14.7. The highest BCUT2D eigenvalue weighted by Gasteiger charge is 2.17. The van der Waals surface area contributed by atoms with Crippen molar-refractivity contribution in [3.05, 3.63) is 77.0 Å². The molecule has 0 saturated carbocycles. The maximum Gasteiger partial charge on any atom is 0.338 e. The average molecular weight is 438 g/mol. The Morgan fingerprint density at radius 1 is 1.13 bits per heavy atom. The van der Waals surface area contributed by atoms with Crippen LogP contribution in [0.4, 0.5) is 0 Å². The molecule has 6 nitrogen and oxygen atoms in total. The van der Waals surface area contributed by atoms with Gasteiger partial charge in [-0.25, -0.2) is 4.79 Å². The van der Waals surface area contributed by atoms with Gasteiger partial charge in [-0.3, -0.25) is 4.68 Å². The fourth-order valence-electron chi connectivity index (χ4n) is 2.80. The number of oxime groups is 1. The average Bonchev–Trinajstić information content (AvgIpc) is 2.98. The van der Waals surface area contributed by atoms with Gasteiger partial charge in [0, 0.05) is 11.9 Å². The van der Waals surface area contributed by atoms with Crippen molar-refractivity contribution in [3.63, 3.8) is 0 Å². The molecule has 0 fully saturated rings. The number of hydrogen-bond acceptors (Lipinski definition) is 6. The standard InChI is InChI=1S/C24H27N3O3S/c1-17-21(22(27(5)26-17)31-20-9-7-6-8-10-20)15-25-29-16-18-11-13-19(14-12-18)23(28)30-24(2,3)4/h6-15H,16H2,1-5H3/b25-15+. The van der Waals surface area contributed by atoms with E-state index in [9.17, 15) is 4.79 Å². The van der Waals surface area contributed by atoms with Crippen molar-refractivity contribution >= 4 is 23.9 Å². The second kappa shape index (κ2) is 9.83. The number of hydrogen-bond donors (Lipinski definition) is 0. The molecule has 0 N–H and O–H groups in total. The molecule has 0 aliphatic rings. The zero-order valence-electron chi connectivity index (χ0n) is 18.5. The number of benzene rings is 2. The molecule has 31 heavy (non-hydrogen) atoms. The maximum atomic E-state index is 12.1. The van der Waals surface area contributed by atoms with Gasteiger partial charge in [-0.2, -0.15) is 5.10 Å². The third kappa shape index (κ3) is 6.46. The minimum atomic E-state index is -0.518. The molecule has 0 aliphatic carbocycles. The van der Waals surface area contributed by atoms with E-state index in [2.05, 4.69) is 22.4 Å². The molecule has 0 atom stereocenters. The summed E-state index contributed by atoms with van der Waals surface area (Å²) < 4.78 is 7.23. The first kappa shape index (κ1) is 22.6. The molecule has 3 rings (SSSR count). The fourth-order valence-corrected chi connectivity index (χ4v) is 3.80. The van der Waals surface area contributed by atoms with Crippen LogP contribution in [0.5, 0.6) is 0 Å². The number of nitrogens with zero attached hydrogens (tertiary/aromatic N) is 3. The SMILES string of the molecule is Cc1nn(C)c(Sc2ccccc2)c1/C=N/OCc1ccc(C(=O)OC(C)(C)C)cc1. The van der Waals surface area contributed by atoms with Gasteiger partial charge in [0.25, 0.3) is 0 Å². The summed E-state index contributed by atoms with van der Waals surface area (Å²) in [7, 11) is 1.92. The molecular weight excluding hydrogens is 410 g/mol. The van der Waals surface area contributed by atoms with Gasteiger partial charge in [0.1, 0.15) is 17.2 Å². The van der Waals surface area contributed by atoms with Crippen molar-refractivity contribution in [1.82, 2.24) is 9.78 Å². The van der Waals surface area contributed by atoms with Crippen LogP contribution < -0.4 is 0 Å². The number of carbonyl (C=O) groups excluding carboxylic acids is 1. The molecule has 0 bridgehead atoms. The van der Waals surface area contributed by atoms with Crippen LogP contribution in [0.25, 0.3) is 0 Å². The number of aryl methyl sites for hydroxylation is 2. The molecule has 0 unspecified atom stereocenters. The lowest BCUT2D eigenvalue weighted by Gasteiger charge is -2.19. The van der Waals surface area contributed by atoms with Crippen LogP contribution in [0, 0.1) is 6.92 Å². The van der Waals surface area contributed by atoms with E-state index in [4.69, 9.17) is 9.57 Å². The Bertz CT molecular complexity index is 1050. The molecule has 0 amide bonds. The summed E-state index contributed by atoms with van der Waals surface area (Å²) in [6.45, 7) is 7.79. The summed E-state index contributed by atoms with van der Waals surface area (Å²) in [6, 6.07) is 17.3. The summed E-state index contributed by atoms with van der Waals surface area (Å²) in [5.74, 6) is -0.339. The summed E-state index contributed by atoms with van der Waals surface area (Å²) >= 11 is 1.63. The van der Waals surface area contributed by atoms with Gasteiger partial charge in [0.2, 0.25) is 0 Å². The van der Waals surface area contributed by atoms with Crippen LogP contribution in [0.3, 0.4) is 0 Å². The van der Waals surface area contributed by atoms with Crippen LogP contribution in [0.15, 0.2) is 69.7 Å². The topological polar surface area (TPSA) is 65.7 Å². The van der Waals surface area contributed by atoms with E-state index < -0.39 is 5.60 Å². The second-order valence-corrected chi connectivity index (χ2v) is 9.11. The maximum absolute atomic E-state index is 12.1. The van der Waals surface area contributed by atoms with Gasteiger partial charge in [0.05, 0.1) is 23.0 Å². The highest BCUT2D eigenvalue weighted by atomic mass is 32.2. The smallest absolute Gasteiger partial charge is 0.338 e. The summed E-state index contributed by atoms with van der Waals surface area (Å²) in [4.78, 5) is 18.7. The van der Waals surface area contributed by atoms with E-state index in [1.165, 1.54) is 0 Å². The first-order valence-electron chi connectivity index (χ1n) is 9.97. The van der Waals surface area contributed by atoms with Crippen LogP contribution in [-0.4, -0.2) is 27.6 Å². The van der Waals surface area contributed by atoms with E-state index >= 15 is 0 Å². The van der Waals surface area contributed by atoms with Gasteiger partial charge in [-0.1, -0.05) is 47.2 Å². The first-order valence-corrected chi connectivity index (χ1v) is 10.8. The Morgan fingerprint density at radius 2 is 1.81 bits per heavy atom. The van der Waals surface area contributed by atoms with Crippen LogP contribution >= 0.6 is 11.8 Å². The minimum Gasteiger partial charge on any atom is -0.456 e. The Labute approximate surface area is 187 Å². The van der Waals surface area contributed by atoms with Crippen molar-refractivity contribution in [2.24, 2.45) is 12.2 Å². The molecule has 1 aromatic heterocycles. The predicted octanol–water partition coefficient (Wildman–Crippen LogP) is 5.39. The highest BCUT2D eigenvalue weighted by molar-refractivity contribution is 7.99. The van der Waals surface area contributed by atoms with Crippen LogP contribution in [0.2, 0.25) is 0 Å². The molecule has 1 heterocycles. The second-order valence-electron chi connectivity index (χ2n) is 8.05. The van der Waals surface area contributed by atoms with Crippen LogP contribution in [0.1, 0.15) is 48.0 Å². The fraction of sp³-hybridized carbons (Fsp3) is 0.292. The molecule has 0 saturated heterocycles. The number of esters is 1. The normalized spacial score (nSPS) is 11.6. The molecule has 0 radical (unpaired) electrons. The summed E-state index contributed by atoms with van der Waals surface area (Å²) in [5, 5.41) is 9.63. The van der Waals surface area contributed by atoms with Crippen LogP contribution in [-0.2, 0) is 23.2 Å². The number of carbonyl (C=O) groups is 1. The molecule has 0 spiro atoms. The van der Waals surface area contributed by atoms with Gasteiger partial charge in [-0.05, 0) is 57.5 Å². The van der Waals surface area contributed by atoms with E-state index in [1.807, 2.05) is 69.8 Å². The van der Waals surface area contributed by atoms with E-state index in [0.29, 0.717) is 12.2 Å².